The molecule has 14 heteroatoms. The molecule has 1 aromatic heterocycles. The quantitative estimate of drug-likeness (QED) is 0.105. The van der Waals surface area contributed by atoms with Crippen molar-refractivity contribution >= 4 is 28.4 Å². The molecule has 1 amide bonds. The van der Waals surface area contributed by atoms with Crippen LogP contribution in [-0.4, -0.2) is 113 Å². The fourth-order valence-electron chi connectivity index (χ4n) is 5.49. The zero-order chi connectivity index (χ0) is 37.4. The summed E-state index contributed by atoms with van der Waals surface area (Å²) in [6, 6.07) is 14.8. The molecule has 2 heterocycles. The molecule has 2 aromatic carbocycles. The van der Waals surface area contributed by atoms with Gasteiger partial charge in [0.1, 0.15) is 24.5 Å². The number of rotatable bonds is 18. The Kier molecular flexibility index (Phi) is 15.8. The summed E-state index contributed by atoms with van der Waals surface area (Å²) in [5, 5.41) is 10.1. The normalized spacial score (nSPS) is 14.1. The second-order valence-electron chi connectivity index (χ2n) is 13.5. The molecule has 0 unspecified atom stereocenters. The van der Waals surface area contributed by atoms with Crippen molar-refractivity contribution in [1.29, 1.82) is 0 Å². The predicted octanol–water partition coefficient (Wildman–Crippen LogP) is 6.13. The average molecular weight is 732 g/mol. The van der Waals surface area contributed by atoms with Crippen LogP contribution in [0.2, 0.25) is 0 Å². The lowest BCUT2D eigenvalue weighted by molar-refractivity contribution is -0.140. The number of carbonyl (C=O) groups excluding carboxylic acids is 1. The Morgan fingerprint density at radius 1 is 0.904 bits per heavy atom. The Labute approximate surface area is 304 Å². The van der Waals surface area contributed by atoms with Gasteiger partial charge in [0.25, 0.3) is 0 Å². The van der Waals surface area contributed by atoms with Crippen molar-refractivity contribution in [2.24, 2.45) is 0 Å². The fourth-order valence-corrected chi connectivity index (χ4v) is 5.49. The molecule has 1 aliphatic heterocycles. The monoisotopic (exact) mass is 731 g/mol. The smallest absolute Gasteiger partial charge is 0.407 e. The third-order valence-electron chi connectivity index (χ3n) is 7.97. The number of aromatic nitrogens is 1. The maximum atomic E-state index is 13.6. The van der Waals surface area contributed by atoms with Gasteiger partial charge in [-0.3, -0.25) is 0 Å². The molecule has 0 aliphatic carbocycles. The van der Waals surface area contributed by atoms with Gasteiger partial charge in [-0.05, 0) is 102 Å². The van der Waals surface area contributed by atoms with Gasteiger partial charge < -0.3 is 49.1 Å². The Morgan fingerprint density at radius 2 is 1.56 bits per heavy atom. The second-order valence-corrected chi connectivity index (χ2v) is 13.5. The van der Waals surface area contributed by atoms with Gasteiger partial charge in [-0.2, -0.15) is 13.2 Å². The molecule has 52 heavy (non-hydrogen) atoms. The number of nitrogens with zero attached hydrogens (tertiary/aromatic N) is 2. The highest BCUT2D eigenvalue weighted by Gasteiger charge is 2.30. The third-order valence-corrected chi connectivity index (χ3v) is 7.97. The van der Waals surface area contributed by atoms with Crippen LogP contribution in [0.25, 0.3) is 10.9 Å². The van der Waals surface area contributed by atoms with Gasteiger partial charge in [-0.15, -0.1) is 0 Å². The SMILES string of the molecule is CN1CCC(Nc2cccc3c2cc(C#CCNc2ccc(OCCOCCOCCOCCNC(=O)OC(C)(C)C)cc2)n3CC(F)(F)F)CC1. The lowest BCUT2D eigenvalue weighted by Gasteiger charge is -2.30. The zero-order valence-electron chi connectivity index (χ0n) is 30.6. The number of halogens is 3. The van der Waals surface area contributed by atoms with Gasteiger partial charge in [0.2, 0.25) is 0 Å². The number of ether oxygens (including phenoxy) is 5. The first-order chi connectivity index (χ1) is 24.9. The number of alkyl halides is 3. The average Bonchev–Trinajstić information content (AvgIpc) is 3.42. The standard InChI is InChI=1S/C38H52F3N5O6/c1-37(2,3)52-36(47)43-17-20-48-21-22-49-23-24-50-25-26-51-32-12-10-29(11-13-32)42-16-6-7-31-27-33-34(44-30-14-18-45(4)19-15-30)8-5-9-35(33)46(31)28-38(39,40)41/h5,8-13,27,30,42,44H,14-26,28H2,1-4H3,(H,43,47). The molecule has 0 bridgehead atoms. The maximum Gasteiger partial charge on any atom is 0.407 e. The van der Waals surface area contributed by atoms with Crippen LogP contribution in [-0.2, 0) is 25.5 Å². The van der Waals surface area contributed by atoms with E-state index in [1.807, 2.05) is 30.3 Å². The first-order valence-electron chi connectivity index (χ1n) is 17.7. The van der Waals surface area contributed by atoms with Crippen molar-refractivity contribution in [3.05, 3.63) is 54.2 Å². The van der Waals surface area contributed by atoms with Gasteiger partial charge in [0.05, 0.1) is 57.4 Å². The Hall–Kier alpha value is -4.16. The van der Waals surface area contributed by atoms with E-state index < -0.39 is 24.4 Å². The van der Waals surface area contributed by atoms with Crippen LogP contribution in [0.1, 0.15) is 39.3 Å². The lowest BCUT2D eigenvalue weighted by atomic mass is 10.0. The van der Waals surface area contributed by atoms with Crippen molar-refractivity contribution in [3.63, 3.8) is 0 Å². The Bertz CT molecular complexity index is 1590. The van der Waals surface area contributed by atoms with Crippen molar-refractivity contribution in [2.45, 2.75) is 58.0 Å². The Balaban J connectivity index is 1.13. The number of hydrogen-bond donors (Lipinski definition) is 3. The van der Waals surface area contributed by atoms with E-state index in [1.54, 1.807) is 39.0 Å². The van der Waals surface area contributed by atoms with E-state index in [9.17, 15) is 18.0 Å². The van der Waals surface area contributed by atoms with Crippen LogP contribution < -0.4 is 20.7 Å². The number of carbonyl (C=O) groups is 1. The molecule has 3 aromatic rings. The number of alkyl carbamates (subject to hydrolysis) is 1. The van der Waals surface area contributed by atoms with Gasteiger partial charge in [-0.25, -0.2) is 4.79 Å². The number of fused-ring (bicyclic) bond motifs is 1. The number of nitrogens with one attached hydrogen (secondary N) is 3. The maximum absolute atomic E-state index is 13.6. The summed E-state index contributed by atoms with van der Waals surface area (Å²) < 4.78 is 69.4. The fraction of sp³-hybridized carbons (Fsp3) is 0.553. The molecular weight excluding hydrogens is 679 g/mol. The first-order valence-corrected chi connectivity index (χ1v) is 17.7. The second kappa shape index (κ2) is 20.2. The molecule has 0 spiro atoms. The zero-order valence-corrected chi connectivity index (χ0v) is 30.6. The van der Waals surface area contributed by atoms with E-state index in [-0.39, 0.29) is 12.6 Å². The van der Waals surface area contributed by atoms with E-state index in [4.69, 9.17) is 23.7 Å². The van der Waals surface area contributed by atoms with Crippen molar-refractivity contribution in [2.75, 3.05) is 90.1 Å². The minimum atomic E-state index is -4.38. The van der Waals surface area contributed by atoms with E-state index in [1.165, 1.54) is 4.57 Å². The van der Waals surface area contributed by atoms with Gasteiger partial charge in [-0.1, -0.05) is 12.0 Å². The predicted molar refractivity (Wildman–Crippen MR) is 196 cm³/mol. The third kappa shape index (κ3) is 14.8. The molecule has 11 nitrogen and oxygen atoms in total. The number of benzene rings is 2. The van der Waals surface area contributed by atoms with Gasteiger partial charge >= 0.3 is 12.3 Å². The molecule has 286 valence electrons. The number of likely N-dealkylation sites (tertiary alicyclic amines) is 1. The molecule has 0 atom stereocenters. The van der Waals surface area contributed by atoms with Crippen molar-refractivity contribution in [1.82, 2.24) is 14.8 Å². The van der Waals surface area contributed by atoms with Gasteiger partial charge in [0, 0.05) is 29.3 Å². The summed E-state index contributed by atoms with van der Waals surface area (Å²) in [6.45, 7) is 9.65. The van der Waals surface area contributed by atoms with Crippen LogP contribution in [0, 0.1) is 11.8 Å². The van der Waals surface area contributed by atoms with Crippen molar-refractivity contribution in [3.8, 4) is 17.6 Å². The molecule has 0 radical (unpaired) electrons. The molecule has 1 fully saturated rings. The molecule has 1 saturated heterocycles. The van der Waals surface area contributed by atoms with Crippen LogP contribution >= 0.6 is 0 Å². The first kappa shape index (κ1) is 40.6. The molecule has 4 rings (SSSR count). The Morgan fingerprint density at radius 3 is 2.21 bits per heavy atom. The van der Waals surface area contributed by atoms with E-state index in [0.717, 1.165) is 42.7 Å². The van der Waals surface area contributed by atoms with E-state index in [0.29, 0.717) is 69.8 Å². The summed E-state index contributed by atoms with van der Waals surface area (Å²) in [4.78, 5) is 13.8. The van der Waals surface area contributed by atoms with Crippen LogP contribution in [0.15, 0.2) is 48.5 Å². The number of hydrogen-bond acceptors (Lipinski definition) is 9. The summed E-state index contributed by atoms with van der Waals surface area (Å²) in [5.41, 5.74) is 1.93. The summed E-state index contributed by atoms with van der Waals surface area (Å²) in [5.74, 6) is 6.63. The van der Waals surface area contributed by atoms with Crippen LogP contribution in [0.3, 0.4) is 0 Å². The van der Waals surface area contributed by atoms with Gasteiger partial charge in [0.15, 0.2) is 0 Å². The number of piperidine rings is 1. The molecule has 3 N–H and O–H groups in total. The highest BCUT2D eigenvalue weighted by molar-refractivity contribution is 5.94. The topological polar surface area (TPSA) is 107 Å². The minimum absolute atomic E-state index is 0.252. The summed E-state index contributed by atoms with van der Waals surface area (Å²) in [6.07, 6.45) is -2.90. The highest BCUT2D eigenvalue weighted by Crippen LogP contribution is 2.31. The minimum Gasteiger partial charge on any atom is -0.491 e. The number of anilines is 2. The lowest BCUT2D eigenvalue weighted by Crippen LogP contribution is -2.36. The van der Waals surface area contributed by atoms with E-state index in [2.05, 4.69) is 39.7 Å². The number of amides is 1. The molecule has 1 aliphatic rings. The summed E-state index contributed by atoms with van der Waals surface area (Å²) in [7, 11) is 2.09. The largest absolute Gasteiger partial charge is 0.491 e. The van der Waals surface area contributed by atoms with E-state index >= 15 is 0 Å². The summed E-state index contributed by atoms with van der Waals surface area (Å²) >= 11 is 0. The van der Waals surface area contributed by atoms with Crippen LogP contribution in [0.4, 0.5) is 29.3 Å². The van der Waals surface area contributed by atoms with Crippen molar-refractivity contribution < 1.29 is 41.7 Å². The van der Waals surface area contributed by atoms with Crippen LogP contribution in [0.5, 0.6) is 5.75 Å². The highest BCUT2D eigenvalue weighted by atomic mass is 19.4. The molecular formula is C38H52F3N5O6. The molecule has 0 saturated carbocycles.